The zero-order valence-corrected chi connectivity index (χ0v) is 11.4. The molecule has 3 rings (SSSR count). The van der Waals surface area contributed by atoms with Gasteiger partial charge in [0.05, 0.1) is 0 Å². The Kier molecular flexibility index (Phi) is 3.19. The summed E-state index contributed by atoms with van der Waals surface area (Å²) >= 11 is 12.0. The molecular weight excluding hydrogens is 265 g/mol. The second-order valence-corrected chi connectivity index (χ2v) is 5.43. The molecule has 1 heterocycles. The molecule has 0 spiro atoms. The zero-order chi connectivity index (χ0) is 12.5. The Morgan fingerprint density at radius 3 is 2.33 bits per heavy atom. The molecule has 0 N–H and O–H groups in total. The molecule has 0 fully saturated rings. The van der Waals surface area contributed by atoms with E-state index in [0.29, 0.717) is 0 Å². The Hall–Kier alpha value is -1.18. The molecule has 2 aromatic rings. The fourth-order valence-electron chi connectivity index (χ4n) is 2.40. The van der Waals surface area contributed by atoms with Crippen LogP contribution in [0.25, 0.3) is 0 Å². The van der Waals surface area contributed by atoms with Gasteiger partial charge in [0.2, 0.25) is 0 Å². The number of rotatable bonds is 1. The third-order valence-corrected chi connectivity index (χ3v) is 3.86. The fraction of sp³-hybridized carbons (Fsp3) is 0.200. The molecule has 0 aliphatic carbocycles. The molecule has 1 nitrogen and oxygen atoms in total. The molecule has 1 aliphatic heterocycles. The van der Waals surface area contributed by atoms with Crippen LogP contribution in [-0.2, 0) is 13.0 Å². The van der Waals surface area contributed by atoms with Gasteiger partial charge in [-0.1, -0.05) is 29.3 Å². The van der Waals surface area contributed by atoms with Gasteiger partial charge in [0, 0.05) is 28.8 Å². The highest BCUT2D eigenvalue weighted by Crippen LogP contribution is 2.27. The van der Waals surface area contributed by atoms with Gasteiger partial charge in [-0.3, -0.25) is 0 Å². The third kappa shape index (κ3) is 2.33. The number of hydrogen-bond acceptors (Lipinski definition) is 1. The second-order valence-electron chi connectivity index (χ2n) is 4.56. The molecule has 0 unspecified atom stereocenters. The average Bonchev–Trinajstić information content (AvgIpc) is 2.38. The number of halogens is 2. The lowest BCUT2D eigenvalue weighted by Crippen LogP contribution is -2.30. The summed E-state index contributed by atoms with van der Waals surface area (Å²) in [4.78, 5) is 2.36. The number of hydrogen-bond donors (Lipinski definition) is 0. The lowest BCUT2D eigenvalue weighted by molar-refractivity contribution is 0.732. The van der Waals surface area contributed by atoms with Gasteiger partial charge < -0.3 is 4.90 Å². The molecule has 0 bridgehead atoms. The van der Waals surface area contributed by atoms with Gasteiger partial charge in [0.1, 0.15) is 0 Å². The van der Waals surface area contributed by atoms with Crippen molar-refractivity contribution in [3.05, 3.63) is 63.6 Å². The molecule has 0 amide bonds. The molecule has 0 atom stereocenters. The Morgan fingerprint density at radius 2 is 1.56 bits per heavy atom. The predicted molar refractivity (Wildman–Crippen MR) is 77.7 cm³/mol. The quantitative estimate of drug-likeness (QED) is 0.739. The Balaban J connectivity index is 1.88. The maximum absolute atomic E-state index is 6.06. The Bertz CT molecular complexity index is 563. The normalized spacial score (nSPS) is 14.4. The van der Waals surface area contributed by atoms with Gasteiger partial charge in [-0.15, -0.1) is 0 Å². The van der Waals surface area contributed by atoms with Crippen molar-refractivity contribution in [2.75, 3.05) is 11.4 Å². The van der Waals surface area contributed by atoms with Crippen LogP contribution in [0.15, 0.2) is 42.5 Å². The summed E-state index contributed by atoms with van der Waals surface area (Å²) in [6.45, 7) is 1.95. The molecule has 3 heteroatoms. The van der Waals surface area contributed by atoms with Gasteiger partial charge in [-0.2, -0.15) is 0 Å². The summed E-state index contributed by atoms with van der Waals surface area (Å²) in [7, 11) is 0. The summed E-state index contributed by atoms with van der Waals surface area (Å²) in [6.07, 6.45) is 1.06. The number of anilines is 1. The third-order valence-electron chi connectivity index (χ3n) is 3.37. The molecule has 1 aliphatic rings. The summed E-state index contributed by atoms with van der Waals surface area (Å²) in [5, 5.41) is 1.59. The van der Waals surface area contributed by atoms with Gasteiger partial charge in [-0.25, -0.2) is 0 Å². The van der Waals surface area contributed by atoms with E-state index < -0.39 is 0 Å². The highest BCUT2D eigenvalue weighted by atomic mass is 35.5. The molecule has 2 aromatic carbocycles. The second kappa shape index (κ2) is 4.83. The highest BCUT2D eigenvalue weighted by molar-refractivity contribution is 6.30. The van der Waals surface area contributed by atoms with E-state index in [4.69, 9.17) is 23.2 Å². The Morgan fingerprint density at radius 1 is 0.833 bits per heavy atom. The van der Waals surface area contributed by atoms with Crippen LogP contribution in [-0.4, -0.2) is 6.54 Å². The maximum atomic E-state index is 6.06. The summed E-state index contributed by atoms with van der Waals surface area (Å²) < 4.78 is 0. The van der Waals surface area contributed by atoms with E-state index in [1.807, 2.05) is 18.2 Å². The first-order valence-electron chi connectivity index (χ1n) is 6.00. The lowest BCUT2D eigenvalue weighted by atomic mass is 9.99. The molecule has 18 heavy (non-hydrogen) atoms. The standard InChI is InChI=1S/C15H13Cl2N/c16-13-3-5-15(6-4-13)18-8-7-11-1-2-14(17)9-12(11)10-18/h1-6,9H,7-8,10H2. The van der Waals surface area contributed by atoms with Crippen LogP contribution in [0.2, 0.25) is 10.0 Å². The molecule has 0 aromatic heterocycles. The molecular formula is C15H13Cl2N. The smallest absolute Gasteiger partial charge is 0.0432 e. The van der Waals surface area contributed by atoms with E-state index in [0.717, 1.165) is 29.6 Å². The van der Waals surface area contributed by atoms with Gasteiger partial charge in [0.25, 0.3) is 0 Å². The SMILES string of the molecule is Clc1ccc(N2CCc3ccc(Cl)cc3C2)cc1. The Labute approximate surface area is 117 Å². The van der Waals surface area contributed by atoms with Crippen LogP contribution in [0, 0.1) is 0 Å². The van der Waals surface area contributed by atoms with Crippen molar-refractivity contribution in [3.63, 3.8) is 0 Å². The van der Waals surface area contributed by atoms with Crippen molar-refractivity contribution in [2.45, 2.75) is 13.0 Å². The number of benzene rings is 2. The van der Waals surface area contributed by atoms with Crippen molar-refractivity contribution in [3.8, 4) is 0 Å². The predicted octanol–water partition coefficient (Wildman–Crippen LogP) is 4.56. The minimum atomic E-state index is 0.777. The van der Waals surface area contributed by atoms with Crippen LogP contribution in [0.3, 0.4) is 0 Å². The molecule has 0 saturated carbocycles. The summed E-state index contributed by atoms with van der Waals surface area (Å²) in [5.41, 5.74) is 3.94. The van der Waals surface area contributed by atoms with Gasteiger partial charge >= 0.3 is 0 Å². The van der Waals surface area contributed by atoms with Crippen molar-refractivity contribution < 1.29 is 0 Å². The first kappa shape index (κ1) is 11.9. The van der Waals surface area contributed by atoms with Crippen molar-refractivity contribution in [1.82, 2.24) is 0 Å². The monoisotopic (exact) mass is 277 g/mol. The minimum absolute atomic E-state index is 0.777. The minimum Gasteiger partial charge on any atom is -0.367 e. The van der Waals surface area contributed by atoms with Crippen molar-refractivity contribution in [2.24, 2.45) is 0 Å². The summed E-state index contributed by atoms with van der Waals surface area (Å²) in [6, 6.07) is 14.2. The first-order chi connectivity index (χ1) is 8.72. The first-order valence-corrected chi connectivity index (χ1v) is 6.76. The van der Waals surface area contributed by atoms with Crippen LogP contribution in [0.1, 0.15) is 11.1 Å². The molecule has 0 radical (unpaired) electrons. The van der Waals surface area contributed by atoms with Crippen LogP contribution < -0.4 is 4.90 Å². The lowest BCUT2D eigenvalue weighted by Gasteiger charge is -2.30. The van der Waals surface area contributed by atoms with Crippen LogP contribution in [0.5, 0.6) is 0 Å². The number of fused-ring (bicyclic) bond motifs is 1. The summed E-state index contributed by atoms with van der Waals surface area (Å²) in [5.74, 6) is 0. The topological polar surface area (TPSA) is 3.24 Å². The van der Waals surface area contributed by atoms with E-state index in [1.165, 1.54) is 16.8 Å². The molecule has 0 saturated heterocycles. The maximum Gasteiger partial charge on any atom is 0.0432 e. The van der Waals surface area contributed by atoms with Gasteiger partial charge in [0.15, 0.2) is 0 Å². The van der Waals surface area contributed by atoms with Gasteiger partial charge in [-0.05, 0) is 53.9 Å². The van der Waals surface area contributed by atoms with E-state index in [2.05, 4.69) is 29.2 Å². The van der Waals surface area contributed by atoms with E-state index in [9.17, 15) is 0 Å². The van der Waals surface area contributed by atoms with E-state index >= 15 is 0 Å². The van der Waals surface area contributed by atoms with Crippen LogP contribution in [0.4, 0.5) is 5.69 Å². The van der Waals surface area contributed by atoms with Crippen molar-refractivity contribution >= 4 is 28.9 Å². The average molecular weight is 278 g/mol. The highest BCUT2D eigenvalue weighted by Gasteiger charge is 2.16. The molecule has 92 valence electrons. The largest absolute Gasteiger partial charge is 0.367 e. The zero-order valence-electron chi connectivity index (χ0n) is 9.87. The van der Waals surface area contributed by atoms with Crippen LogP contribution >= 0.6 is 23.2 Å². The number of nitrogens with zero attached hydrogens (tertiary/aromatic N) is 1. The van der Waals surface area contributed by atoms with E-state index in [1.54, 1.807) is 0 Å². The van der Waals surface area contributed by atoms with Crippen molar-refractivity contribution in [1.29, 1.82) is 0 Å². The fourth-order valence-corrected chi connectivity index (χ4v) is 2.72. The van der Waals surface area contributed by atoms with E-state index in [-0.39, 0.29) is 0 Å².